The third-order valence-corrected chi connectivity index (χ3v) is 7.69. The first kappa shape index (κ1) is 27.0. The Bertz CT molecular complexity index is 1350. The number of para-hydroxylation sites is 1. The van der Waals surface area contributed by atoms with Crippen LogP contribution in [0.15, 0.2) is 67.4 Å². The number of urea groups is 1. The van der Waals surface area contributed by atoms with Gasteiger partial charge in [0.1, 0.15) is 0 Å². The zero-order valence-electron chi connectivity index (χ0n) is 20.7. The van der Waals surface area contributed by atoms with Gasteiger partial charge in [-0.1, -0.05) is 24.3 Å². The Balaban J connectivity index is 1.48. The van der Waals surface area contributed by atoms with Gasteiger partial charge in [-0.2, -0.15) is 26.3 Å². The van der Waals surface area contributed by atoms with Crippen molar-refractivity contribution in [2.75, 3.05) is 18.4 Å². The van der Waals surface area contributed by atoms with E-state index in [4.69, 9.17) is 0 Å². The Morgan fingerprint density at radius 1 is 1.05 bits per heavy atom. The number of nitrogens with one attached hydrogen (secondary N) is 2. The van der Waals surface area contributed by atoms with Crippen molar-refractivity contribution in [1.82, 2.24) is 15.2 Å². The zero-order chi connectivity index (χ0) is 27.9. The van der Waals surface area contributed by atoms with Crippen molar-refractivity contribution in [3.05, 3.63) is 84.1 Å². The van der Waals surface area contributed by atoms with Crippen LogP contribution < -0.4 is 10.6 Å². The number of halogens is 6. The lowest BCUT2D eigenvalue weighted by Crippen LogP contribution is -2.57. The second-order valence-electron chi connectivity index (χ2n) is 10.0. The molecule has 3 aliphatic heterocycles. The second kappa shape index (κ2) is 10.2. The predicted octanol–water partition coefficient (Wildman–Crippen LogP) is 7.03. The molecule has 6 rings (SSSR count). The summed E-state index contributed by atoms with van der Waals surface area (Å²) in [6.45, 7) is 5.51. The summed E-state index contributed by atoms with van der Waals surface area (Å²) in [7, 11) is 0. The van der Waals surface area contributed by atoms with E-state index in [2.05, 4.69) is 27.1 Å². The van der Waals surface area contributed by atoms with Crippen molar-refractivity contribution in [3.8, 4) is 0 Å². The number of alkyl halides is 6. The number of fused-ring (bicyclic) bond motifs is 4. The van der Waals surface area contributed by atoms with E-state index in [9.17, 15) is 31.1 Å². The third kappa shape index (κ3) is 5.59. The number of aromatic nitrogens is 1. The number of pyridine rings is 1. The number of piperidine rings is 3. The van der Waals surface area contributed by atoms with Crippen LogP contribution in [-0.4, -0.2) is 35.0 Å². The van der Waals surface area contributed by atoms with E-state index >= 15 is 0 Å². The van der Waals surface area contributed by atoms with E-state index in [0.717, 1.165) is 36.9 Å². The molecule has 0 spiro atoms. The molecule has 0 saturated carbocycles. The minimum atomic E-state index is -5.02. The molecular formula is C28H26F6N4O. The molecule has 1 aromatic heterocycles. The summed E-state index contributed by atoms with van der Waals surface area (Å²) in [5.41, 5.74) is -2.14. The third-order valence-electron chi connectivity index (χ3n) is 7.69. The highest BCUT2D eigenvalue weighted by Gasteiger charge is 2.43. The molecule has 0 aliphatic carbocycles. The predicted molar refractivity (Wildman–Crippen MR) is 135 cm³/mol. The first-order valence-electron chi connectivity index (χ1n) is 12.5. The summed E-state index contributed by atoms with van der Waals surface area (Å²) >= 11 is 0. The SMILES string of the molecule is C=CC1CN2CCC1C[C@H]2[C@@H](NC(=O)Nc1cc(C(F)(F)F)cc(C(F)(F)F)c1)c1ccnc2ccccc12. The molecule has 3 saturated heterocycles. The van der Waals surface area contributed by atoms with Gasteiger partial charge in [0.05, 0.1) is 22.7 Å². The average Bonchev–Trinajstić information content (AvgIpc) is 2.90. The minimum Gasteiger partial charge on any atom is -0.329 e. The molecule has 5 atom stereocenters. The second-order valence-corrected chi connectivity index (χ2v) is 10.0. The Labute approximate surface area is 220 Å². The molecule has 3 unspecified atom stereocenters. The smallest absolute Gasteiger partial charge is 0.329 e. The lowest BCUT2D eigenvalue weighted by atomic mass is 9.73. The zero-order valence-corrected chi connectivity index (χ0v) is 20.7. The van der Waals surface area contributed by atoms with Crippen LogP contribution in [0.2, 0.25) is 0 Å². The highest BCUT2D eigenvalue weighted by Crippen LogP contribution is 2.42. The van der Waals surface area contributed by atoms with Crippen molar-refractivity contribution in [2.24, 2.45) is 11.8 Å². The van der Waals surface area contributed by atoms with Crippen LogP contribution in [0.1, 0.15) is 35.6 Å². The van der Waals surface area contributed by atoms with E-state index < -0.39 is 41.2 Å². The summed E-state index contributed by atoms with van der Waals surface area (Å²) in [5, 5.41) is 5.89. The molecule has 4 heterocycles. The van der Waals surface area contributed by atoms with Gasteiger partial charge in [0, 0.05) is 29.9 Å². The number of hydrogen-bond acceptors (Lipinski definition) is 3. The molecule has 3 fully saturated rings. The molecule has 11 heteroatoms. The molecule has 5 nitrogen and oxygen atoms in total. The van der Waals surface area contributed by atoms with E-state index in [1.807, 2.05) is 30.3 Å². The largest absolute Gasteiger partial charge is 0.416 e. The fraction of sp³-hybridized carbons (Fsp3) is 0.357. The van der Waals surface area contributed by atoms with E-state index in [1.165, 1.54) is 0 Å². The van der Waals surface area contributed by atoms with Crippen LogP contribution in [0.4, 0.5) is 36.8 Å². The number of carbonyl (C=O) groups is 1. The number of benzene rings is 2. The van der Waals surface area contributed by atoms with Crippen LogP contribution in [0.3, 0.4) is 0 Å². The van der Waals surface area contributed by atoms with Gasteiger partial charge in [-0.3, -0.25) is 9.88 Å². The maximum Gasteiger partial charge on any atom is 0.416 e. The van der Waals surface area contributed by atoms with Gasteiger partial charge < -0.3 is 10.6 Å². The van der Waals surface area contributed by atoms with E-state index in [0.29, 0.717) is 29.5 Å². The Hall–Kier alpha value is -3.60. The van der Waals surface area contributed by atoms with Gasteiger partial charge in [-0.05, 0) is 67.1 Å². The highest BCUT2D eigenvalue weighted by atomic mass is 19.4. The number of carbonyl (C=O) groups excluding carboxylic acids is 1. The Morgan fingerprint density at radius 3 is 2.36 bits per heavy atom. The summed E-state index contributed by atoms with van der Waals surface area (Å²) in [6.07, 6.45) is -4.76. The van der Waals surface area contributed by atoms with Crippen molar-refractivity contribution in [2.45, 2.75) is 37.3 Å². The standard InChI is InChI=1S/C28H26F6N4O/c1-2-16-15-38-10-8-17(16)11-24(38)25(22-7-9-35-23-6-4-3-5-21(22)23)37-26(39)36-20-13-18(27(29,30)31)12-19(14-20)28(32,33)34/h2-7,9,12-14,16-17,24-25H,1,8,10-11,15H2,(H2,36,37,39)/t16?,17?,24-,25-/m0/s1. The molecule has 2 N–H and O–H groups in total. The number of anilines is 1. The molecule has 3 aliphatic rings. The van der Waals surface area contributed by atoms with Gasteiger partial charge in [0.2, 0.25) is 0 Å². The normalized spacial score (nSPS) is 23.8. The van der Waals surface area contributed by atoms with Crippen molar-refractivity contribution < 1.29 is 31.1 Å². The van der Waals surface area contributed by atoms with E-state index in [-0.39, 0.29) is 12.1 Å². The van der Waals surface area contributed by atoms with Crippen LogP contribution >= 0.6 is 0 Å². The first-order chi connectivity index (χ1) is 18.4. The maximum atomic E-state index is 13.3. The first-order valence-corrected chi connectivity index (χ1v) is 12.5. The summed E-state index contributed by atoms with van der Waals surface area (Å²) in [6, 6.07) is 8.53. The van der Waals surface area contributed by atoms with Gasteiger partial charge in [0.25, 0.3) is 0 Å². The molecular weight excluding hydrogens is 522 g/mol. The highest BCUT2D eigenvalue weighted by molar-refractivity contribution is 5.91. The fourth-order valence-electron chi connectivity index (χ4n) is 5.83. The Kier molecular flexibility index (Phi) is 7.04. The van der Waals surface area contributed by atoms with Gasteiger partial charge in [0.15, 0.2) is 0 Å². The van der Waals surface area contributed by atoms with Crippen LogP contribution in [-0.2, 0) is 12.4 Å². The average molecular weight is 549 g/mol. The Morgan fingerprint density at radius 2 is 1.74 bits per heavy atom. The number of amides is 2. The van der Waals surface area contributed by atoms with Gasteiger partial charge in [-0.25, -0.2) is 4.79 Å². The van der Waals surface area contributed by atoms with Crippen molar-refractivity contribution >= 4 is 22.6 Å². The van der Waals surface area contributed by atoms with Crippen molar-refractivity contribution in [1.29, 1.82) is 0 Å². The number of nitrogens with zero attached hydrogens (tertiary/aromatic N) is 2. The summed E-state index contributed by atoms with van der Waals surface area (Å²) in [5.74, 6) is 0.667. The fourth-order valence-corrected chi connectivity index (χ4v) is 5.83. The lowest BCUT2D eigenvalue weighted by molar-refractivity contribution is -0.143. The van der Waals surface area contributed by atoms with Gasteiger partial charge >= 0.3 is 18.4 Å². The van der Waals surface area contributed by atoms with Crippen molar-refractivity contribution in [3.63, 3.8) is 0 Å². The van der Waals surface area contributed by atoms with Gasteiger partial charge in [-0.15, -0.1) is 6.58 Å². The summed E-state index contributed by atoms with van der Waals surface area (Å²) in [4.78, 5) is 19.8. The lowest BCUT2D eigenvalue weighted by Gasteiger charge is -2.51. The quantitative estimate of drug-likeness (QED) is 0.266. The van der Waals surface area contributed by atoms with E-state index in [1.54, 1.807) is 12.3 Å². The number of hydrogen-bond donors (Lipinski definition) is 2. The van der Waals surface area contributed by atoms with Crippen LogP contribution in [0.5, 0.6) is 0 Å². The topological polar surface area (TPSA) is 57.3 Å². The summed E-state index contributed by atoms with van der Waals surface area (Å²) < 4.78 is 80.0. The minimum absolute atomic E-state index is 0.0249. The molecule has 2 bridgehead atoms. The molecule has 3 aromatic rings. The monoisotopic (exact) mass is 548 g/mol. The molecule has 0 radical (unpaired) electrons. The maximum absolute atomic E-state index is 13.3. The molecule has 2 aromatic carbocycles. The molecule has 206 valence electrons. The molecule has 2 amide bonds. The van der Waals surface area contributed by atoms with Crippen LogP contribution in [0.25, 0.3) is 10.9 Å². The number of rotatable bonds is 5. The molecule has 39 heavy (non-hydrogen) atoms. The van der Waals surface area contributed by atoms with Crippen LogP contribution in [0, 0.1) is 11.8 Å².